The highest BCUT2D eigenvalue weighted by molar-refractivity contribution is 7.89. The second-order valence-corrected chi connectivity index (χ2v) is 9.03. The van der Waals surface area contributed by atoms with Crippen LogP contribution in [0.4, 0.5) is 0 Å². The molecule has 8 nitrogen and oxygen atoms in total. The third kappa shape index (κ3) is 6.51. The molecule has 0 spiro atoms. The zero-order chi connectivity index (χ0) is 22.3. The van der Waals surface area contributed by atoms with E-state index in [1.165, 1.54) is 18.2 Å². The summed E-state index contributed by atoms with van der Waals surface area (Å²) in [6.07, 6.45) is -1.34. The lowest BCUT2D eigenvalue weighted by Gasteiger charge is -2.30. The number of ether oxygens (including phenoxy) is 2. The molecular weight excluding hydrogens is 444 g/mol. The number of hydrogen-bond acceptors (Lipinski definition) is 6. The standard InChI is InChI=1S/C21H23ClN2O6S/c22-17-7-4-8-18(15-17)31(27,28)23-10-9-19(25)30-20(16-5-2-1-3-6-16)21(26)24-11-13-29-14-12-24/h1-8,15,20,23H,9-14H2. The number of nitrogens with zero attached hydrogens (tertiary/aromatic N) is 1. The van der Waals surface area contributed by atoms with E-state index in [4.69, 9.17) is 21.1 Å². The summed E-state index contributed by atoms with van der Waals surface area (Å²) < 4.78 is 37.7. The van der Waals surface area contributed by atoms with Gasteiger partial charge in [0, 0.05) is 30.2 Å². The Balaban J connectivity index is 1.62. The molecule has 31 heavy (non-hydrogen) atoms. The van der Waals surface area contributed by atoms with E-state index >= 15 is 0 Å². The molecule has 1 amide bonds. The van der Waals surface area contributed by atoms with Crippen LogP contribution in [0.1, 0.15) is 18.1 Å². The minimum absolute atomic E-state index is 0.00183. The van der Waals surface area contributed by atoms with Gasteiger partial charge in [0.05, 0.1) is 24.5 Å². The van der Waals surface area contributed by atoms with E-state index in [2.05, 4.69) is 4.72 Å². The van der Waals surface area contributed by atoms with Gasteiger partial charge in [-0.25, -0.2) is 13.1 Å². The molecule has 1 atom stereocenters. The van der Waals surface area contributed by atoms with Gasteiger partial charge in [-0.15, -0.1) is 0 Å². The first-order valence-corrected chi connectivity index (χ1v) is 11.6. The van der Waals surface area contributed by atoms with Gasteiger partial charge in [0.15, 0.2) is 0 Å². The third-order valence-corrected chi connectivity index (χ3v) is 6.32. The number of carbonyl (C=O) groups excluding carboxylic acids is 2. The molecule has 1 heterocycles. The summed E-state index contributed by atoms with van der Waals surface area (Å²) in [5.41, 5.74) is 0.548. The Hall–Kier alpha value is -2.46. The van der Waals surface area contributed by atoms with Crippen molar-refractivity contribution in [3.05, 3.63) is 65.2 Å². The van der Waals surface area contributed by atoms with Crippen LogP contribution in [0, 0.1) is 0 Å². The van der Waals surface area contributed by atoms with Gasteiger partial charge in [0.2, 0.25) is 16.1 Å². The van der Waals surface area contributed by atoms with E-state index < -0.39 is 22.1 Å². The number of sulfonamides is 1. The molecular formula is C21H23ClN2O6S. The van der Waals surface area contributed by atoms with Crippen molar-refractivity contribution in [3.8, 4) is 0 Å². The SMILES string of the molecule is O=C(CCNS(=O)(=O)c1cccc(Cl)c1)OC(C(=O)N1CCOCC1)c1ccccc1. The predicted molar refractivity (Wildman–Crippen MR) is 114 cm³/mol. The Morgan fingerprint density at radius 3 is 2.48 bits per heavy atom. The fourth-order valence-electron chi connectivity index (χ4n) is 3.03. The summed E-state index contributed by atoms with van der Waals surface area (Å²) in [5, 5.41) is 0.287. The molecule has 1 unspecified atom stereocenters. The van der Waals surface area contributed by atoms with Gasteiger partial charge in [-0.1, -0.05) is 48.0 Å². The van der Waals surface area contributed by atoms with Crippen LogP contribution in [0.2, 0.25) is 5.02 Å². The number of halogens is 1. The fourth-order valence-corrected chi connectivity index (χ4v) is 4.37. The molecule has 1 N–H and O–H groups in total. The predicted octanol–water partition coefficient (Wildman–Crippen LogP) is 2.15. The molecule has 0 bridgehead atoms. The summed E-state index contributed by atoms with van der Waals surface area (Å²) >= 11 is 5.83. The normalized spacial score (nSPS) is 15.3. The Kier molecular flexibility index (Phi) is 8.03. The van der Waals surface area contributed by atoms with Gasteiger partial charge >= 0.3 is 5.97 Å². The lowest BCUT2D eigenvalue weighted by Crippen LogP contribution is -2.44. The lowest BCUT2D eigenvalue weighted by molar-refractivity contribution is -0.162. The first kappa shape index (κ1) is 23.2. The topological polar surface area (TPSA) is 102 Å². The van der Waals surface area contributed by atoms with Crippen molar-refractivity contribution < 1.29 is 27.5 Å². The number of amides is 1. The maximum atomic E-state index is 13.0. The van der Waals surface area contributed by atoms with Gasteiger partial charge < -0.3 is 14.4 Å². The lowest BCUT2D eigenvalue weighted by atomic mass is 10.1. The Morgan fingerprint density at radius 2 is 1.81 bits per heavy atom. The molecule has 0 aliphatic carbocycles. The smallest absolute Gasteiger partial charge is 0.308 e. The van der Waals surface area contributed by atoms with Crippen LogP contribution < -0.4 is 4.72 Å². The zero-order valence-corrected chi connectivity index (χ0v) is 18.3. The summed E-state index contributed by atoms with van der Waals surface area (Å²) in [6, 6.07) is 14.5. The molecule has 1 fully saturated rings. The molecule has 0 saturated carbocycles. The summed E-state index contributed by atoms with van der Waals surface area (Å²) in [4.78, 5) is 27.0. The summed E-state index contributed by atoms with van der Waals surface area (Å²) in [6.45, 7) is 1.50. The molecule has 1 aliphatic rings. The van der Waals surface area contributed by atoms with E-state index in [9.17, 15) is 18.0 Å². The molecule has 166 valence electrons. The van der Waals surface area contributed by atoms with Crippen LogP contribution in [-0.2, 0) is 29.1 Å². The fraction of sp³-hybridized carbons (Fsp3) is 0.333. The Bertz CT molecular complexity index is 1010. The van der Waals surface area contributed by atoms with Crippen molar-refractivity contribution in [3.63, 3.8) is 0 Å². The number of benzene rings is 2. The zero-order valence-electron chi connectivity index (χ0n) is 16.7. The highest BCUT2D eigenvalue weighted by atomic mass is 35.5. The monoisotopic (exact) mass is 466 g/mol. The maximum absolute atomic E-state index is 13.0. The molecule has 1 saturated heterocycles. The second-order valence-electron chi connectivity index (χ2n) is 6.82. The minimum atomic E-state index is -3.82. The highest BCUT2D eigenvalue weighted by Gasteiger charge is 2.30. The average molecular weight is 467 g/mol. The van der Waals surface area contributed by atoms with Crippen molar-refractivity contribution in [2.24, 2.45) is 0 Å². The van der Waals surface area contributed by atoms with E-state index in [0.29, 0.717) is 31.9 Å². The summed E-state index contributed by atoms with van der Waals surface area (Å²) in [7, 11) is -3.82. The highest BCUT2D eigenvalue weighted by Crippen LogP contribution is 2.22. The quantitative estimate of drug-likeness (QED) is 0.598. The number of rotatable bonds is 8. The number of hydrogen-bond donors (Lipinski definition) is 1. The first-order chi connectivity index (χ1) is 14.9. The molecule has 10 heteroatoms. The van der Waals surface area contributed by atoms with Crippen LogP contribution in [0.5, 0.6) is 0 Å². The van der Waals surface area contributed by atoms with Crippen molar-refractivity contribution in [2.75, 3.05) is 32.8 Å². The van der Waals surface area contributed by atoms with Crippen molar-refractivity contribution in [2.45, 2.75) is 17.4 Å². The number of morpholine rings is 1. The van der Waals surface area contributed by atoms with E-state index in [1.54, 1.807) is 41.3 Å². The second kappa shape index (κ2) is 10.7. The van der Waals surface area contributed by atoms with E-state index in [-0.39, 0.29) is 28.8 Å². The van der Waals surface area contributed by atoms with Gasteiger partial charge in [0.1, 0.15) is 0 Å². The van der Waals surface area contributed by atoms with Gasteiger partial charge in [-0.3, -0.25) is 9.59 Å². The molecule has 0 aromatic heterocycles. The Labute approximate surface area is 186 Å². The van der Waals surface area contributed by atoms with Gasteiger partial charge in [-0.05, 0) is 18.2 Å². The van der Waals surface area contributed by atoms with E-state index in [0.717, 1.165) is 0 Å². The van der Waals surface area contributed by atoms with E-state index in [1.807, 2.05) is 0 Å². The van der Waals surface area contributed by atoms with Crippen LogP contribution in [0.25, 0.3) is 0 Å². The van der Waals surface area contributed by atoms with Gasteiger partial charge in [0.25, 0.3) is 5.91 Å². The molecule has 2 aromatic carbocycles. The van der Waals surface area contributed by atoms with Crippen LogP contribution >= 0.6 is 11.6 Å². The average Bonchev–Trinajstić information content (AvgIpc) is 2.78. The maximum Gasteiger partial charge on any atom is 0.308 e. The third-order valence-electron chi connectivity index (χ3n) is 4.63. The first-order valence-electron chi connectivity index (χ1n) is 9.73. The van der Waals surface area contributed by atoms with Crippen LogP contribution in [0.3, 0.4) is 0 Å². The molecule has 3 rings (SSSR count). The van der Waals surface area contributed by atoms with Crippen molar-refractivity contribution >= 4 is 33.5 Å². The summed E-state index contributed by atoms with van der Waals surface area (Å²) in [5.74, 6) is -1.02. The number of carbonyl (C=O) groups is 2. The van der Waals surface area contributed by atoms with Crippen LogP contribution in [-0.4, -0.2) is 58.0 Å². The Morgan fingerprint density at radius 1 is 1.10 bits per heavy atom. The van der Waals surface area contributed by atoms with Gasteiger partial charge in [-0.2, -0.15) is 0 Å². The van der Waals surface area contributed by atoms with Crippen LogP contribution in [0.15, 0.2) is 59.5 Å². The molecule has 2 aromatic rings. The number of esters is 1. The van der Waals surface area contributed by atoms with Crippen molar-refractivity contribution in [1.82, 2.24) is 9.62 Å². The minimum Gasteiger partial charge on any atom is -0.447 e. The van der Waals surface area contributed by atoms with Crippen molar-refractivity contribution in [1.29, 1.82) is 0 Å². The molecule has 1 aliphatic heterocycles. The largest absolute Gasteiger partial charge is 0.447 e. The molecule has 0 radical (unpaired) electrons. The number of nitrogens with one attached hydrogen (secondary N) is 1.